The third-order valence-electron chi connectivity index (χ3n) is 3.80. The molecule has 7 nitrogen and oxygen atoms in total. The molecule has 1 aliphatic rings. The minimum atomic E-state index is -3.73. The predicted molar refractivity (Wildman–Crippen MR) is 103 cm³/mol. The van der Waals surface area contributed by atoms with Crippen LogP contribution in [0.1, 0.15) is 13.3 Å². The highest BCUT2D eigenvalue weighted by Crippen LogP contribution is 2.46. The van der Waals surface area contributed by atoms with Crippen LogP contribution in [0, 0.1) is 0 Å². The summed E-state index contributed by atoms with van der Waals surface area (Å²) in [5, 5.41) is 8.26. The van der Waals surface area contributed by atoms with E-state index in [0.717, 1.165) is 11.9 Å². The minimum absolute atomic E-state index is 0.133. The number of amides is 1. The van der Waals surface area contributed by atoms with Gasteiger partial charge in [0.1, 0.15) is 10.7 Å². The van der Waals surface area contributed by atoms with E-state index in [1.807, 2.05) is 0 Å². The third kappa shape index (κ3) is 4.13. The van der Waals surface area contributed by atoms with Crippen LogP contribution in [0.3, 0.4) is 0 Å². The molecule has 11 heteroatoms. The molecule has 1 amide bonds. The van der Waals surface area contributed by atoms with E-state index >= 15 is 0 Å². The van der Waals surface area contributed by atoms with Crippen LogP contribution in [-0.2, 0) is 4.79 Å². The van der Waals surface area contributed by atoms with Gasteiger partial charge in [-0.05, 0) is 36.6 Å². The molecule has 5 N–H and O–H groups in total. The normalized spacial score (nSPS) is 15.2. The maximum absolute atomic E-state index is 13.2. The summed E-state index contributed by atoms with van der Waals surface area (Å²) in [7, 11) is 0. The molecular weight excluding hydrogens is 414 g/mol. The first kappa shape index (κ1) is 20.2. The topological polar surface area (TPSA) is 112 Å². The smallest absolute Gasteiger partial charge is 0.401 e. The maximum atomic E-state index is 13.2. The zero-order valence-electron chi connectivity index (χ0n) is 14.5. The molecule has 0 saturated carbocycles. The van der Waals surface area contributed by atoms with Crippen molar-refractivity contribution < 1.29 is 23.0 Å². The summed E-state index contributed by atoms with van der Waals surface area (Å²) in [6, 6.07) is 5.73. The highest BCUT2D eigenvalue weighted by atomic mass is 35.5. The lowest BCUT2D eigenvalue weighted by molar-refractivity contribution is -0.286. The lowest BCUT2D eigenvalue weighted by atomic mass is 10.1. The van der Waals surface area contributed by atoms with Crippen molar-refractivity contribution in [1.29, 1.82) is 0 Å². The van der Waals surface area contributed by atoms with Gasteiger partial charge in [-0.15, -0.1) is 8.78 Å². The Labute approximate surface area is 168 Å². The van der Waals surface area contributed by atoms with Gasteiger partial charge in [0, 0.05) is 29.1 Å². The zero-order valence-corrected chi connectivity index (χ0v) is 16.0. The van der Waals surface area contributed by atoms with E-state index in [1.165, 1.54) is 24.4 Å². The molecule has 0 saturated heterocycles. The van der Waals surface area contributed by atoms with Gasteiger partial charge < -0.3 is 20.5 Å². The van der Waals surface area contributed by atoms with Crippen molar-refractivity contribution in [3.05, 3.63) is 46.1 Å². The van der Waals surface area contributed by atoms with Gasteiger partial charge in [-0.1, -0.05) is 18.5 Å². The SMILES string of the molecule is CC/C(N)=C(/SN)C(=O)Nc1ccc(-c2cc3c(cc2Cl)OC(F)(F)O3)cn1. The number of fused-ring (bicyclic) bond motifs is 1. The molecule has 3 rings (SSSR count). The number of alkyl halides is 2. The molecule has 0 aliphatic carbocycles. The molecular formula is C17H15ClF2N4O3S. The van der Waals surface area contributed by atoms with Crippen molar-refractivity contribution in [2.24, 2.45) is 10.9 Å². The van der Waals surface area contributed by atoms with Crippen LogP contribution in [-0.4, -0.2) is 17.2 Å². The van der Waals surface area contributed by atoms with E-state index in [1.54, 1.807) is 13.0 Å². The van der Waals surface area contributed by atoms with Crippen molar-refractivity contribution >= 4 is 35.3 Å². The van der Waals surface area contributed by atoms with Crippen LogP contribution < -0.4 is 25.7 Å². The van der Waals surface area contributed by atoms with Crippen LogP contribution in [0.15, 0.2) is 41.1 Å². The second-order valence-electron chi connectivity index (χ2n) is 5.66. The van der Waals surface area contributed by atoms with Gasteiger partial charge in [0.25, 0.3) is 5.91 Å². The lowest BCUT2D eigenvalue weighted by Crippen LogP contribution is -2.25. The van der Waals surface area contributed by atoms with E-state index in [0.29, 0.717) is 23.2 Å². The summed E-state index contributed by atoms with van der Waals surface area (Å²) < 4.78 is 35.2. The molecule has 0 fully saturated rings. The number of carbonyl (C=O) groups is 1. The van der Waals surface area contributed by atoms with Crippen molar-refractivity contribution in [2.75, 3.05) is 5.32 Å². The summed E-state index contributed by atoms with van der Waals surface area (Å²) in [5.41, 5.74) is 7.08. The van der Waals surface area contributed by atoms with E-state index < -0.39 is 12.2 Å². The molecule has 148 valence electrons. The fourth-order valence-corrected chi connectivity index (χ4v) is 3.15. The van der Waals surface area contributed by atoms with E-state index in [4.69, 9.17) is 22.5 Å². The van der Waals surface area contributed by atoms with Gasteiger partial charge in [-0.3, -0.25) is 9.93 Å². The fraction of sp³-hybridized carbons (Fsp3) is 0.176. The number of nitrogens with zero attached hydrogens (tertiary/aromatic N) is 1. The van der Waals surface area contributed by atoms with E-state index in [-0.39, 0.29) is 27.2 Å². The van der Waals surface area contributed by atoms with Gasteiger partial charge in [0.15, 0.2) is 11.5 Å². The molecule has 1 aromatic carbocycles. The number of aromatic nitrogens is 1. The first-order chi connectivity index (χ1) is 13.2. The number of nitrogens with one attached hydrogen (secondary N) is 1. The van der Waals surface area contributed by atoms with Crippen LogP contribution in [0.4, 0.5) is 14.6 Å². The number of benzene rings is 1. The first-order valence-corrected chi connectivity index (χ1v) is 9.22. The van der Waals surface area contributed by atoms with Crippen molar-refractivity contribution in [3.8, 4) is 22.6 Å². The maximum Gasteiger partial charge on any atom is 0.586 e. The third-order valence-corrected chi connectivity index (χ3v) is 4.80. The molecule has 0 atom stereocenters. The van der Waals surface area contributed by atoms with Crippen molar-refractivity contribution in [3.63, 3.8) is 0 Å². The fourth-order valence-electron chi connectivity index (χ4n) is 2.43. The Morgan fingerprint density at radius 1 is 1.32 bits per heavy atom. The average molecular weight is 429 g/mol. The lowest BCUT2D eigenvalue weighted by Gasteiger charge is -2.10. The molecule has 1 aromatic heterocycles. The second-order valence-corrected chi connectivity index (χ2v) is 6.71. The van der Waals surface area contributed by atoms with E-state index in [9.17, 15) is 13.6 Å². The number of anilines is 1. The number of nitrogens with two attached hydrogens (primary N) is 2. The van der Waals surface area contributed by atoms with E-state index in [2.05, 4.69) is 19.8 Å². The van der Waals surface area contributed by atoms with Gasteiger partial charge in [-0.2, -0.15) is 0 Å². The molecule has 2 heterocycles. The molecule has 0 unspecified atom stereocenters. The Bertz CT molecular complexity index is 954. The summed E-state index contributed by atoms with van der Waals surface area (Å²) in [6.07, 6.45) is -1.83. The first-order valence-electron chi connectivity index (χ1n) is 7.96. The Hall–Kier alpha value is -2.56. The second kappa shape index (κ2) is 7.82. The van der Waals surface area contributed by atoms with Crippen LogP contribution >= 0.6 is 23.5 Å². The average Bonchev–Trinajstić information content (AvgIpc) is 2.94. The van der Waals surface area contributed by atoms with Gasteiger partial charge in [0.05, 0.1) is 5.02 Å². The van der Waals surface area contributed by atoms with Gasteiger partial charge in [-0.25, -0.2) is 4.98 Å². The summed E-state index contributed by atoms with van der Waals surface area (Å²) >= 11 is 6.91. The highest BCUT2D eigenvalue weighted by Gasteiger charge is 2.43. The number of halogens is 3. The molecule has 0 radical (unpaired) electrons. The summed E-state index contributed by atoms with van der Waals surface area (Å²) in [5.74, 6) is -0.502. The van der Waals surface area contributed by atoms with Gasteiger partial charge >= 0.3 is 6.29 Å². The Morgan fingerprint density at radius 3 is 2.57 bits per heavy atom. The minimum Gasteiger partial charge on any atom is -0.401 e. The largest absolute Gasteiger partial charge is 0.586 e. The highest BCUT2D eigenvalue weighted by molar-refractivity contribution is 8.01. The number of hydrogen-bond acceptors (Lipinski definition) is 7. The van der Waals surface area contributed by atoms with Gasteiger partial charge in [0.2, 0.25) is 0 Å². The quantitative estimate of drug-likeness (QED) is 0.489. The number of ether oxygens (including phenoxy) is 2. The standard InChI is InChI=1S/C17H15ClF2N4O3S/c1-2-11(21)15(28-22)16(25)24-14-4-3-8(7-23-14)9-5-12-13(6-10(9)18)27-17(19,20)26-12/h3-7H,2,21-22H2,1H3,(H,23,24,25)/b15-11-. The molecule has 28 heavy (non-hydrogen) atoms. The van der Waals surface area contributed by atoms with Crippen LogP contribution in [0.5, 0.6) is 11.5 Å². The van der Waals surface area contributed by atoms with Crippen molar-refractivity contribution in [2.45, 2.75) is 19.6 Å². The Balaban J connectivity index is 1.82. The number of carbonyl (C=O) groups excluding carboxylic acids is 1. The van der Waals surface area contributed by atoms with Crippen LogP contribution in [0.25, 0.3) is 11.1 Å². The van der Waals surface area contributed by atoms with Crippen LogP contribution in [0.2, 0.25) is 5.02 Å². The van der Waals surface area contributed by atoms with Crippen molar-refractivity contribution in [1.82, 2.24) is 4.98 Å². The zero-order chi connectivity index (χ0) is 20.5. The Kier molecular flexibility index (Phi) is 5.64. The number of allylic oxidation sites excluding steroid dienone is 1. The number of pyridine rings is 1. The monoisotopic (exact) mass is 428 g/mol. The number of hydrogen-bond donors (Lipinski definition) is 3. The summed E-state index contributed by atoms with van der Waals surface area (Å²) in [6.45, 7) is 1.80. The Morgan fingerprint density at radius 2 is 2.00 bits per heavy atom. The number of rotatable bonds is 5. The molecule has 2 aromatic rings. The summed E-state index contributed by atoms with van der Waals surface area (Å²) in [4.78, 5) is 16.6. The molecule has 0 spiro atoms. The molecule has 1 aliphatic heterocycles. The molecule has 0 bridgehead atoms. The predicted octanol–water partition coefficient (Wildman–Crippen LogP) is 3.85.